The maximum Gasteiger partial charge on any atom is 0.336 e. The van der Waals surface area contributed by atoms with Crippen LogP contribution in [0.15, 0.2) is 73.0 Å². The topological polar surface area (TPSA) is 94.4 Å². The van der Waals surface area contributed by atoms with Crippen LogP contribution in [-0.2, 0) is 26.4 Å². The van der Waals surface area contributed by atoms with Gasteiger partial charge in [-0.25, -0.2) is 4.98 Å². The Morgan fingerprint density at radius 2 is 1.21 bits per heavy atom. The number of aromatic nitrogens is 3. The van der Waals surface area contributed by atoms with E-state index in [2.05, 4.69) is 78.7 Å². The van der Waals surface area contributed by atoms with E-state index in [9.17, 15) is 4.57 Å². The number of hydrogen-bond acceptors (Lipinski definition) is 7. The van der Waals surface area contributed by atoms with Gasteiger partial charge >= 0.3 is 7.60 Å². The molecule has 3 aromatic heterocycles. The molecule has 0 atom stereocenters. The number of nitrogens with zero attached hydrogens (tertiary/aromatic N) is 3. The van der Waals surface area contributed by atoms with E-state index in [1.165, 1.54) is 0 Å². The molecule has 3 rings (SSSR count). The van der Waals surface area contributed by atoms with Gasteiger partial charge < -0.3 is 14.2 Å². The molecule has 0 aliphatic heterocycles. The van der Waals surface area contributed by atoms with Crippen molar-refractivity contribution in [3.63, 3.8) is 0 Å². The minimum Gasteiger partial charge on any atom is -0.390 e. The van der Waals surface area contributed by atoms with Crippen molar-refractivity contribution in [2.24, 2.45) is 0 Å². The molecule has 0 radical (unpaired) electrons. The zero-order valence-corrected chi connectivity index (χ0v) is 25.2. The molecule has 0 saturated heterocycles. The van der Waals surface area contributed by atoms with E-state index in [4.69, 9.17) is 14.2 Å². The summed E-state index contributed by atoms with van der Waals surface area (Å²) < 4.78 is 26.2. The van der Waals surface area contributed by atoms with E-state index in [0.29, 0.717) is 24.6 Å². The summed E-state index contributed by atoms with van der Waals surface area (Å²) in [5.41, 5.74) is 1.40. The molecule has 1 N–H and O–H groups in total. The summed E-state index contributed by atoms with van der Waals surface area (Å²) in [6, 6.07) is 11.1. The summed E-state index contributed by atoms with van der Waals surface area (Å²) >= 11 is 13.0. The lowest BCUT2D eigenvalue weighted by atomic mass is 10.4. The van der Waals surface area contributed by atoms with Crippen molar-refractivity contribution < 1.29 is 18.7 Å². The molecule has 0 amide bonds. The fourth-order valence-electron chi connectivity index (χ4n) is 2.08. The Morgan fingerprint density at radius 3 is 1.55 bits per heavy atom. The third kappa shape index (κ3) is 13.8. The van der Waals surface area contributed by atoms with Gasteiger partial charge in [0.15, 0.2) is 0 Å². The lowest BCUT2D eigenvalue weighted by Gasteiger charge is -2.16. The maximum atomic E-state index is 12.2. The number of rotatable bonds is 7. The second-order valence-electron chi connectivity index (χ2n) is 6.00. The van der Waals surface area contributed by atoms with Gasteiger partial charge in [-0.3, -0.25) is 14.5 Å². The summed E-state index contributed by atoms with van der Waals surface area (Å²) in [4.78, 5) is 12.0. The molecule has 0 bridgehead atoms. The molecule has 12 heteroatoms. The van der Waals surface area contributed by atoms with Crippen molar-refractivity contribution in [1.82, 2.24) is 15.0 Å². The van der Waals surface area contributed by atoms with Gasteiger partial charge in [-0.05, 0) is 114 Å². The molecule has 33 heavy (non-hydrogen) atoms. The molecule has 3 heterocycles. The number of hydrogen-bond donors (Lipinski definition) is 1. The lowest BCUT2D eigenvalue weighted by Crippen LogP contribution is -2.00. The van der Waals surface area contributed by atoms with Crippen LogP contribution in [0.2, 0.25) is 0 Å². The molecule has 3 aromatic rings. The molecule has 0 aliphatic rings. The van der Waals surface area contributed by atoms with Crippen LogP contribution in [0.1, 0.15) is 25.2 Å². The second-order valence-corrected chi connectivity index (χ2v) is 11.6. The largest absolute Gasteiger partial charge is 0.390 e. The highest BCUT2D eigenvalue weighted by molar-refractivity contribution is 9.11. The van der Waals surface area contributed by atoms with Gasteiger partial charge in [0.25, 0.3) is 0 Å². The molecule has 180 valence electrons. The molecule has 0 saturated carbocycles. The van der Waals surface area contributed by atoms with E-state index in [1.54, 1.807) is 44.6 Å². The van der Waals surface area contributed by atoms with E-state index in [0.717, 1.165) is 18.0 Å². The van der Waals surface area contributed by atoms with Crippen LogP contribution < -0.4 is 0 Å². The van der Waals surface area contributed by atoms with Gasteiger partial charge in [-0.2, -0.15) is 0 Å². The van der Waals surface area contributed by atoms with Crippen molar-refractivity contribution in [1.29, 1.82) is 0 Å². The number of aliphatic hydroxyl groups is 1. The van der Waals surface area contributed by atoms with E-state index >= 15 is 0 Å². The Balaban J connectivity index is 0.000000270. The predicted molar refractivity (Wildman–Crippen MR) is 144 cm³/mol. The van der Waals surface area contributed by atoms with Gasteiger partial charge in [0.1, 0.15) is 4.60 Å². The van der Waals surface area contributed by atoms with E-state index in [1.807, 2.05) is 24.3 Å². The smallest absolute Gasteiger partial charge is 0.336 e. The Labute approximate surface area is 227 Å². The SMILES string of the molecule is Brc1ccc(Br)nc1.CCOP(=O)(Cc1ccc(Br)cn1)OCC.OCc1ccc(Br)cn1. The average molecular weight is 733 g/mol. The van der Waals surface area contributed by atoms with Crippen LogP contribution in [0.5, 0.6) is 0 Å². The third-order valence-electron chi connectivity index (χ3n) is 3.44. The molecule has 0 fully saturated rings. The first-order chi connectivity index (χ1) is 15.7. The average Bonchev–Trinajstić information content (AvgIpc) is 2.79. The highest BCUT2D eigenvalue weighted by Gasteiger charge is 2.24. The van der Waals surface area contributed by atoms with Crippen molar-refractivity contribution in [3.8, 4) is 0 Å². The minimum atomic E-state index is -3.03. The Morgan fingerprint density at radius 1 is 0.758 bits per heavy atom. The van der Waals surface area contributed by atoms with Crippen LogP contribution in [-0.4, -0.2) is 33.3 Å². The third-order valence-corrected chi connectivity index (χ3v) is 7.33. The Kier molecular flexibility index (Phi) is 15.7. The quantitative estimate of drug-likeness (QED) is 0.198. The number of aliphatic hydroxyl groups excluding tert-OH is 1. The van der Waals surface area contributed by atoms with Gasteiger partial charge in [0.2, 0.25) is 0 Å². The summed E-state index contributed by atoms with van der Waals surface area (Å²) in [6.07, 6.45) is 5.27. The Hall–Kier alpha value is -0.520. The fourth-order valence-corrected chi connectivity index (χ4v) is 4.64. The van der Waals surface area contributed by atoms with Gasteiger partial charge in [-0.15, -0.1) is 0 Å². The maximum absolute atomic E-state index is 12.2. The van der Waals surface area contributed by atoms with Crippen LogP contribution in [0.25, 0.3) is 0 Å². The van der Waals surface area contributed by atoms with E-state index in [-0.39, 0.29) is 12.8 Å². The molecular weight excluding hydrogens is 709 g/mol. The van der Waals surface area contributed by atoms with Crippen molar-refractivity contribution in [2.45, 2.75) is 26.6 Å². The van der Waals surface area contributed by atoms with Crippen molar-refractivity contribution >= 4 is 71.3 Å². The zero-order chi connectivity index (χ0) is 24.7. The van der Waals surface area contributed by atoms with Gasteiger partial charge in [0, 0.05) is 32.0 Å². The standard InChI is InChI=1S/C10H15BrNO3P.C6H6BrNO.C5H3Br2N/c1-3-14-16(13,15-4-2)8-10-6-5-9(11)7-12-10;7-5-1-2-6(4-9)8-3-5;6-4-1-2-5(7)8-3-4/h5-7H,3-4,8H2,1-2H3;1-3,9H,4H2;1-3H. The van der Waals surface area contributed by atoms with Crippen LogP contribution in [0.4, 0.5) is 0 Å². The van der Waals surface area contributed by atoms with Crippen LogP contribution in [0.3, 0.4) is 0 Å². The summed E-state index contributed by atoms with van der Waals surface area (Å²) in [6.45, 7) is 4.33. The van der Waals surface area contributed by atoms with E-state index < -0.39 is 7.60 Å². The molecule has 0 aliphatic carbocycles. The summed E-state index contributed by atoms with van der Waals surface area (Å²) in [5.74, 6) is 0. The predicted octanol–water partition coefficient (Wildman–Crippen LogP) is 7.55. The normalized spacial score (nSPS) is 10.5. The molecule has 0 unspecified atom stereocenters. The fraction of sp³-hybridized carbons (Fsp3) is 0.286. The number of halogens is 4. The Bertz CT molecular complexity index is 947. The lowest BCUT2D eigenvalue weighted by molar-refractivity contribution is 0.219. The monoisotopic (exact) mass is 729 g/mol. The minimum absolute atomic E-state index is 0.00722. The van der Waals surface area contributed by atoms with Gasteiger partial charge in [0.05, 0.1) is 37.4 Å². The molecular formula is C21H24Br4N3O4P. The highest BCUT2D eigenvalue weighted by atomic mass is 79.9. The summed E-state index contributed by atoms with van der Waals surface area (Å²) in [5, 5.41) is 8.55. The first kappa shape index (κ1) is 30.5. The van der Waals surface area contributed by atoms with Crippen LogP contribution >= 0.6 is 71.3 Å². The molecule has 7 nitrogen and oxygen atoms in total. The molecule has 0 spiro atoms. The zero-order valence-electron chi connectivity index (χ0n) is 18.0. The van der Waals surface area contributed by atoms with Crippen molar-refractivity contribution in [2.75, 3.05) is 13.2 Å². The van der Waals surface area contributed by atoms with Gasteiger partial charge in [-0.1, -0.05) is 0 Å². The van der Waals surface area contributed by atoms with Crippen LogP contribution in [0, 0.1) is 0 Å². The first-order valence-electron chi connectivity index (χ1n) is 9.68. The highest BCUT2D eigenvalue weighted by Crippen LogP contribution is 2.50. The van der Waals surface area contributed by atoms with Crippen molar-refractivity contribution in [3.05, 3.63) is 84.4 Å². The first-order valence-corrected chi connectivity index (χ1v) is 14.6. The molecule has 0 aromatic carbocycles. The number of pyridine rings is 3. The second kappa shape index (κ2) is 17.0. The summed E-state index contributed by atoms with van der Waals surface area (Å²) in [7, 11) is -3.03.